The van der Waals surface area contributed by atoms with Crippen LogP contribution in [0.5, 0.6) is 5.75 Å². The Morgan fingerprint density at radius 3 is 2.85 bits per heavy atom. The normalized spacial score (nSPS) is 10.4. The van der Waals surface area contributed by atoms with E-state index in [1.54, 1.807) is 36.8 Å². The van der Waals surface area contributed by atoms with Crippen molar-refractivity contribution in [2.75, 3.05) is 7.11 Å². The molecule has 0 aliphatic heterocycles. The first-order valence-corrected chi connectivity index (χ1v) is 6.03. The number of rotatable bonds is 3. The number of carbonyl (C=O) groups excluding carboxylic acids is 1. The van der Waals surface area contributed by atoms with Crippen LogP contribution in [-0.4, -0.2) is 27.8 Å². The van der Waals surface area contributed by atoms with E-state index < -0.39 is 0 Å². The molecule has 0 unspecified atom stereocenters. The van der Waals surface area contributed by atoms with Crippen LogP contribution in [0.1, 0.15) is 15.9 Å². The molecule has 3 rings (SSSR count). The predicted octanol–water partition coefficient (Wildman–Crippen LogP) is 2.26. The lowest BCUT2D eigenvalue weighted by atomic mass is 10.0. The summed E-state index contributed by atoms with van der Waals surface area (Å²) in [5.41, 5.74) is 2.24. The summed E-state index contributed by atoms with van der Waals surface area (Å²) in [6.07, 6.45) is 6.24. The molecule has 0 N–H and O–H groups in total. The second kappa shape index (κ2) is 5.05. The summed E-state index contributed by atoms with van der Waals surface area (Å²) in [7, 11) is 1.54. The summed E-state index contributed by atoms with van der Waals surface area (Å²) in [4.78, 5) is 25.0. The molecule has 98 valence electrons. The van der Waals surface area contributed by atoms with E-state index >= 15 is 0 Å². The lowest BCUT2D eigenvalue weighted by Crippen LogP contribution is -2.04. The van der Waals surface area contributed by atoms with Gasteiger partial charge in [0.05, 0.1) is 29.9 Å². The van der Waals surface area contributed by atoms with Crippen LogP contribution in [0.25, 0.3) is 11.0 Å². The quantitative estimate of drug-likeness (QED) is 0.680. The third-order valence-corrected chi connectivity index (χ3v) is 2.95. The molecule has 20 heavy (non-hydrogen) atoms. The number of pyridine rings is 1. The van der Waals surface area contributed by atoms with E-state index in [1.807, 2.05) is 6.07 Å². The maximum atomic E-state index is 12.6. The van der Waals surface area contributed by atoms with Crippen LogP contribution in [0.2, 0.25) is 0 Å². The number of hydrogen-bond donors (Lipinski definition) is 0. The van der Waals surface area contributed by atoms with Crippen molar-refractivity contribution < 1.29 is 9.53 Å². The monoisotopic (exact) mass is 265 g/mol. The number of aromatic nitrogens is 3. The number of para-hydroxylation sites is 1. The largest absolute Gasteiger partial charge is 0.495 e. The zero-order valence-electron chi connectivity index (χ0n) is 10.8. The van der Waals surface area contributed by atoms with E-state index in [4.69, 9.17) is 4.74 Å². The van der Waals surface area contributed by atoms with E-state index in [9.17, 15) is 4.79 Å². The number of hydrogen-bond acceptors (Lipinski definition) is 5. The van der Waals surface area contributed by atoms with Crippen molar-refractivity contribution in [3.63, 3.8) is 0 Å². The molecule has 1 aromatic carbocycles. The van der Waals surface area contributed by atoms with Gasteiger partial charge in [-0.2, -0.15) is 0 Å². The highest BCUT2D eigenvalue weighted by molar-refractivity contribution is 6.15. The number of nitrogens with zero attached hydrogens (tertiary/aromatic N) is 3. The summed E-state index contributed by atoms with van der Waals surface area (Å²) < 4.78 is 5.09. The fourth-order valence-electron chi connectivity index (χ4n) is 1.99. The molecule has 0 bridgehead atoms. The second-order valence-electron chi connectivity index (χ2n) is 4.17. The molecule has 0 radical (unpaired) electrons. The van der Waals surface area contributed by atoms with E-state index in [1.165, 1.54) is 13.3 Å². The third kappa shape index (κ3) is 2.09. The van der Waals surface area contributed by atoms with Gasteiger partial charge in [-0.15, -0.1) is 0 Å². The summed E-state index contributed by atoms with van der Waals surface area (Å²) in [5.74, 6) is 0.393. The Balaban J connectivity index is 2.12. The van der Waals surface area contributed by atoms with Crippen molar-refractivity contribution >= 4 is 16.8 Å². The van der Waals surface area contributed by atoms with Crippen molar-refractivity contribution in [1.82, 2.24) is 15.0 Å². The van der Waals surface area contributed by atoms with Crippen molar-refractivity contribution in [2.45, 2.75) is 0 Å². The zero-order valence-corrected chi connectivity index (χ0v) is 10.8. The van der Waals surface area contributed by atoms with Gasteiger partial charge in [0, 0.05) is 24.2 Å². The summed E-state index contributed by atoms with van der Waals surface area (Å²) >= 11 is 0. The van der Waals surface area contributed by atoms with Crippen molar-refractivity contribution in [1.29, 1.82) is 0 Å². The lowest BCUT2D eigenvalue weighted by Gasteiger charge is -2.05. The van der Waals surface area contributed by atoms with Gasteiger partial charge in [-0.25, -0.2) is 0 Å². The molecule has 0 aliphatic carbocycles. The number of ketones is 1. The SMILES string of the molecule is COc1cncc(C(=O)c2cccc3nccnc23)c1. The van der Waals surface area contributed by atoms with E-state index in [2.05, 4.69) is 15.0 Å². The number of ether oxygens (including phenoxy) is 1. The van der Waals surface area contributed by atoms with Crippen molar-refractivity contribution in [3.8, 4) is 5.75 Å². The molecule has 5 heteroatoms. The van der Waals surface area contributed by atoms with Crippen LogP contribution in [0.15, 0.2) is 49.1 Å². The number of benzene rings is 1. The molecule has 0 saturated heterocycles. The zero-order chi connectivity index (χ0) is 13.9. The second-order valence-corrected chi connectivity index (χ2v) is 4.17. The van der Waals surface area contributed by atoms with E-state index in [0.29, 0.717) is 27.9 Å². The minimum Gasteiger partial charge on any atom is -0.495 e. The Morgan fingerprint density at radius 1 is 1.15 bits per heavy atom. The predicted molar refractivity (Wildman–Crippen MR) is 73.8 cm³/mol. The Morgan fingerprint density at radius 2 is 2.00 bits per heavy atom. The van der Waals surface area contributed by atoms with Crippen LogP contribution >= 0.6 is 0 Å². The van der Waals surface area contributed by atoms with Crippen molar-refractivity contribution in [2.24, 2.45) is 0 Å². The summed E-state index contributed by atoms with van der Waals surface area (Å²) in [6.45, 7) is 0. The van der Waals surface area contributed by atoms with Gasteiger partial charge in [0.25, 0.3) is 0 Å². The number of carbonyl (C=O) groups is 1. The van der Waals surface area contributed by atoms with Gasteiger partial charge in [0.1, 0.15) is 5.75 Å². The molecular formula is C15H11N3O2. The first-order valence-electron chi connectivity index (χ1n) is 6.03. The van der Waals surface area contributed by atoms with Crippen LogP contribution < -0.4 is 4.74 Å². The van der Waals surface area contributed by atoms with E-state index in [0.717, 1.165) is 0 Å². The molecule has 0 aliphatic rings. The van der Waals surface area contributed by atoms with Gasteiger partial charge in [-0.05, 0) is 18.2 Å². The molecule has 0 atom stereocenters. The highest BCUT2D eigenvalue weighted by Crippen LogP contribution is 2.19. The van der Waals surface area contributed by atoms with Crippen molar-refractivity contribution in [3.05, 3.63) is 60.2 Å². The van der Waals surface area contributed by atoms with Gasteiger partial charge in [-0.1, -0.05) is 6.07 Å². The molecular weight excluding hydrogens is 254 g/mol. The summed E-state index contributed by atoms with van der Waals surface area (Å²) in [6, 6.07) is 7.00. The average molecular weight is 265 g/mol. The maximum absolute atomic E-state index is 12.6. The standard InChI is InChI=1S/C15H11N3O2/c1-20-11-7-10(8-16-9-11)15(19)12-3-2-4-13-14(12)18-6-5-17-13/h2-9H,1H3. The van der Waals surface area contributed by atoms with E-state index in [-0.39, 0.29) is 5.78 Å². The fraction of sp³-hybridized carbons (Fsp3) is 0.0667. The van der Waals surface area contributed by atoms with Gasteiger partial charge < -0.3 is 4.74 Å². The van der Waals surface area contributed by atoms with Crippen LogP contribution in [0.3, 0.4) is 0 Å². The fourth-order valence-corrected chi connectivity index (χ4v) is 1.99. The minimum atomic E-state index is -0.150. The van der Waals surface area contributed by atoms with Crippen LogP contribution in [0, 0.1) is 0 Å². The van der Waals surface area contributed by atoms with Gasteiger partial charge in [0.15, 0.2) is 5.78 Å². The molecule has 0 amide bonds. The Hall–Kier alpha value is -2.82. The molecule has 3 aromatic rings. The van der Waals surface area contributed by atoms with Crippen LogP contribution in [-0.2, 0) is 0 Å². The Labute approximate surface area is 115 Å². The number of fused-ring (bicyclic) bond motifs is 1. The minimum absolute atomic E-state index is 0.150. The number of methoxy groups -OCH3 is 1. The molecule has 0 spiro atoms. The Kier molecular flexibility index (Phi) is 3.09. The first kappa shape index (κ1) is 12.2. The van der Waals surface area contributed by atoms with Gasteiger partial charge >= 0.3 is 0 Å². The summed E-state index contributed by atoms with van der Waals surface area (Å²) in [5, 5.41) is 0. The molecule has 0 saturated carbocycles. The average Bonchev–Trinajstić information content (AvgIpc) is 2.53. The molecule has 2 heterocycles. The molecule has 5 nitrogen and oxygen atoms in total. The maximum Gasteiger partial charge on any atom is 0.196 e. The highest BCUT2D eigenvalue weighted by atomic mass is 16.5. The van der Waals surface area contributed by atoms with Crippen LogP contribution in [0.4, 0.5) is 0 Å². The third-order valence-electron chi connectivity index (χ3n) is 2.95. The smallest absolute Gasteiger partial charge is 0.196 e. The van der Waals surface area contributed by atoms with Gasteiger partial charge in [-0.3, -0.25) is 19.7 Å². The lowest BCUT2D eigenvalue weighted by molar-refractivity contribution is 0.103. The topological polar surface area (TPSA) is 65.0 Å². The Bertz CT molecular complexity index is 781. The molecule has 2 aromatic heterocycles. The highest BCUT2D eigenvalue weighted by Gasteiger charge is 2.14. The molecule has 0 fully saturated rings. The van der Waals surface area contributed by atoms with Gasteiger partial charge in [0.2, 0.25) is 0 Å². The first-order chi connectivity index (χ1) is 9.79.